The average molecular weight is 772 g/mol. The van der Waals surface area contributed by atoms with Crippen LogP contribution in [0, 0.1) is 17.0 Å². The molecule has 0 saturated carbocycles. The fraction of sp³-hybridized carbons (Fsp3) is 0.257. The minimum atomic E-state index is -4.67. The zero-order valence-electron chi connectivity index (χ0n) is 27.3. The van der Waals surface area contributed by atoms with Crippen molar-refractivity contribution in [2.24, 2.45) is 0 Å². The van der Waals surface area contributed by atoms with Crippen LogP contribution < -0.4 is 14.4 Å². The highest BCUT2D eigenvalue weighted by Crippen LogP contribution is 2.36. The molecule has 0 bridgehead atoms. The van der Waals surface area contributed by atoms with Crippen molar-refractivity contribution in [3.05, 3.63) is 127 Å². The number of ether oxygens (including phenoxy) is 1. The Kier molecular flexibility index (Phi) is 12.4. The fourth-order valence-corrected chi connectivity index (χ4v) is 7.03. The Morgan fingerprint density at radius 2 is 1.65 bits per heavy atom. The van der Waals surface area contributed by atoms with Crippen LogP contribution in [0.25, 0.3) is 0 Å². The van der Waals surface area contributed by atoms with Gasteiger partial charge in [-0.1, -0.05) is 76.1 Å². The van der Waals surface area contributed by atoms with Gasteiger partial charge in [-0.3, -0.25) is 24.0 Å². The van der Waals surface area contributed by atoms with Crippen molar-refractivity contribution in [1.29, 1.82) is 0 Å². The van der Waals surface area contributed by atoms with Crippen LogP contribution in [0.3, 0.4) is 0 Å². The number of amides is 2. The molecule has 0 aliphatic rings. The first-order valence-corrected chi connectivity index (χ1v) is 17.8. The molecule has 0 aromatic heterocycles. The quantitative estimate of drug-likeness (QED) is 0.111. The Morgan fingerprint density at radius 3 is 2.27 bits per heavy atom. The molecule has 2 amide bonds. The van der Waals surface area contributed by atoms with Gasteiger partial charge >= 0.3 is 0 Å². The van der Waals surface area contributed by atoms with Gasteiger partial charge in [-0.25, -0.2) is 8.42 Å². The van der Waals surface area contributed by atoms with E-state index in [2.05, 4.69) is 21.2 Å². The Hall–Kier alpha value is -4.46. The van der Waals surface area contributed by atoms with Crippen LogP contribution in [0.2, 0.25) is 5.02 Å². The molecule has 0 fully saturated rings. The lowest BCUT2D eigenvalue weighted by Gasteiger charge is -2.34. The third-order valence-electron chi connectivity index (χ3n) is 7.62. The van der Waals surface area contributed by atoms with Gasteiger partial charge in [0.25, 0.3) is 15.7 Å². The second-order valence-electron chi connectivity index (χ2n) is 11.6. The molecule has 1 atom stereocenters. The minimum absolute atomic E-state index is 0.0360. The molecule has 0 radical (unpaired) electrons. The third kappa shape index (κ3) is 9.37. The number of nitro benzene ring substituents is 1. The SMILES string of the molecule is COc1ccc(Cl)cc1N(CC(=O)N(Cc1ccc(Br)cc1)C(Cc1ccccc1)C(=O)NC(C)C)S(=O)(=O)c1ccc(C)c([N+](=O)[O-])c1. The molecule has 0 aliphatic heterocycles. The normalized spacial score (nSPS) is 11.9. The van der Waals surface area contributed by atoms with Gasteiger partial charge in [-0.05, 0) is 68.3 Å². The number of carbonyl (C=O) groups excluding carboxylic acids is 2. The van der Waals surface area contributed by atoms with Crippen LogP contribution in [0.5, 0.6) is 5.75 Å². The Labute approximate surface area is 299 Å². The standard InChI is InChI=1S/C35H36BrClN4O7S/c1-23(2)38-35(43)32(18-25-8-6-5-7-9-25)39(21-26-11-13-27(36)14-12-26)34(42)22-40(31-19-28(37)15-17-33(31)48-4)49(46,47)29-16-10-24(3)30(20-29)41(44)45/h5-17,19-20,23,32H,18,21-22H2,1-4H3,(H,38,43). The van der Waals surface area contributed by atoms with Gasteiger partial charge in [0, 0.05) is 40.1 Å². The maximum Gasteiger partial charge on any atom is 0.273 e. The smallest absolute Gasteiger partial charge is 0.273 e. The molecule has 14 heteroatoms. The monoisotopic (exact) mass is 770 g/mol. The number of anilines is 1. The second-order valence-corrected chi connectivity index (χ2v) is 14.8. The molecule has 1 N–H and O–H groups in total. The first kappa shape index (κ1) is 37.4. The van der Waals surface area contributed by atoms with Gasteiger partial charge in [0.15, 0.2) is 0 Å². The zero-order chi connectivity index (χ0) is 35.9. The average Bonchev–Trinajstić information content (AvgIpc) is 3.06. The molecule has 49 heavy (non-hydrogen) atoms. The number of hydrogen-bond acceptors (Lipinski definition) is 7. The summed E-state index contributed by atoms with van der Waals surface area (Å²) >= 11 is 9.75. The topological polar surface area (TPSA) is 139 Å². The molecule has 4 rings (SSSR count). The van der Waals surface area contributed by atoms with Crippen LogP contribution in [-0.4, -0.2) is 55.8 Å². The van der Waals surface area contributed by atoms with Crippen LogP contribution in [0.1, 0.15) is 30.5 Å². The van der Waals surface area contributed by atoms with E-state index >= 15 is 0 Å². The number of carbonyl (C=O) groups is 2. The Morgan fingerprint density at radius 1 is 0.980 bits per heavy atom. The predicted octanol–water partition coefficient (Wildman–Crippen LogP) is 6.69. The zero-order valence-corrected chi connectivity index (χ0v) is 30.5. The summed E-state index contributed by atoms with van der Waals surface area (Å²) in [6.07, 6.45) is 0.138. The minimum Gasteiger partial charge on any atom is -0.495 e. The van der Waals surface area contributed by atoms with Crippen molar-refractivity contribution in [2.75, 3.05) is 18.0 Å². The molecule has 0 spiro atoms. The van der Waals surface area contributed by atoms with Crippen LogP contribution in [0.15, 0.2) is 100 Å². The molecule has 0 heterocycles. The summed E-state index contributed by atoms with van der Waals surface area (Å²) in [7, 11) is -3.34. The number of nitro groups is 1. The number of nitrogens with zero attached hydrogens (tertiary/aromatic N) is 3. The van der Waals surface area contributed by atoms with E-state index in [9.17, 15) is 28.1 Å². The number of nitrogens with one attached hydrogen (secondary N) is 1. The summed E-state index contributed by atoms with van der Waals surface area (Å²) < 4.78 is 36.0. The molecule has 1 unspecified atom stereocenters. The highest BCUT2D eigenvalue weighted by Gasteiger charge is 2.36. The maximum absolute atomic E-state index is 14.7. The van der Waals surface area contributed by atoms with E-state index in [1.165, 1.54) is 49.3 Å². The highest BCUT2D eigenvalue weighted by molar-refractivity contribution is 9.10. The van der Waals surface area contributed by atoms with E-state index in [4.69, 9.17) is 16.3 Å². The number of benzene rings is 4. The number of methoxy groups -OCH3 is 1. The van der Waals surface area contributed by atoms with Crippen molar-refractivity contribution in [3.63, 3.8) is 0 Å². The lowest BCUT2D eigenvalue weighted by molar-refractivity contribution is -0.385. The van der Waals surface area contributed by atoms with Gasteiger partial charge in [-0.2, -0.15) is 0 Å². The van der Waals surface area contributed by atoms with Crippen molar-refractivity contribution in [1.82, 2.24) is 10.2 Å². The largest absolute Gasteiger partial charge is 0.495 e. The predicted molar refractivity (Wildman–Crippen MR) is 192 cm³/mol. The molecule has 4 aromatic carbocycles. The van der Waals surface area contributed by atoms with Gasteiger partial charge in [0.2, 0.25) is 11.8 Å². The molecule has 258 valence electrons. The molecular weight excluding hydrogens is 736 g/mol. The highest BCUT2D eigenvalue weighted by atomic mass is 79.9. The molecule has 11 nitrogen and oxygen atoms in total. The number of hydrogen-bond donors (Lipinski definition) is 1. The lowest BCUT2D eigenvalue weighted by Crippen LogP contribution is -2.54. The van der Waals surface area contributed by atoms with E-state index in [1.54, 1.807) is 38.1 Å². The molecule has 0 aliphatic carbocycles. The Bertz CT molecular complexity index is 1930. The maximum atomic E-state index is 14.7. The first-order valence-electron chi connectivity index (χ1n) is 15.2. The van der Waals surface area contributed by atoms with Crippen molar-refractivity contribution >= 4 is 60.7 Å². The van der Waals surface area contributed by atoms with Crippen LogP contribution >= 0.6 is 27.5 Å². The summed E-state index contributed by atoms with van der Waals surface area (Å²) in [5, 5.41) is 14.8. The van der Waals surface area contributed by atoms with Gasteiger partial charge < -0.3 is 15.0 Å². The summed E-state index contributed by atoms with van der Waals surface area (Å²) in [6, 6.07) is 22.9. The number of aryl methyl sites for hydroxylation is 1. The number of rotatable bonds is 14. The van der Waals surface area contributed by atoms with Gasteiger partial charge in [-0.15, -0.1) is 0 Å². The number of sulfonamides is 1. The summed E-state index contributed by atoms with van der Waals surface area (Å²) in [5.41, 5.74) is 1.26. The van der Waals surface area contributed by atoms with Crippen molar-refractivity contribution in [2.45, 2.75) is 50.7 Å². The first-order chi connectivity index (χ1) is 23.2. The van der Waals surface area contributed by atoms with Crippen molar-refractivity contribution in [3.8, 4) is 5.75 Å². The summed E-state index contributed by atoms with van der Waals surface area (Å²) in [4.78, 5) is 40.5. The van der Waals surface area contributed by atoms with Crippen LogP contribution in [-0.2, 0) is 32.6 Å². The fourth-order valence-electron chi connectivity index (χ4n) is 5.17. The van der Waals surface area contributed by atoms with E-state index in [0.717, 1.165) is 20.4 Å². The third-order valence-corrected chi connectivity index (χ3v) is 10.1. The van der Waals surface area contributed by atoms with Gasteiger partial charge in [0.1, 0.15) is 18.3 Å². The molecule has 0 saturated heterocycles. The second kappa shape index (κ2) is 16.3. The van der Waals surface area contributed by atoms with E-state index < -0.39 is 49.9 Å². The van der Waals surface area contributed by atoms with Gasteiger partial charge in [0.05, 0.1) is 22.6 Å². The summed E-state index contributed by atoms with van der Waals surface area (Å²) in [5.74, 6) is -1.05. The van der Waals surface area contributed by atoms with Crippen LogP contribution in [0.4, 0.5) is 11.4 Å². The van der Waals surface area contributed by atoms with Crippen molar-refractivity contribution < 1.29 is 27.7 Å². The van der Waals surface area contributed by atoms with E-state index in [-0.39, 0.29) is 41.0 Å². The van der Waals surface area contributed by atoms with E-state index in [1.807, 2.05) is 30.3 Å². The lowest BCUT2D eigenvalue weighted by atomic mass is 10.0. The molecular formula is C35H36BrClN4O7S. The Balaban J connectivity index is 1.89. The van der Waals surface area contributed by atoms with E-state index in [0.29, 0.717) is 5.56 Å². The number of halogens is 2. The molecule has 4 aromatic rings. The summed E-state index contributed by atoms with van der Waals surface area (Å²) in [6.45, 7) is 4.27.